The van der Waals surface area contributed by atoms with Gasteiger partial charge in [0.2, 0.25) is 0 Å². The molecule has 0 saturated heterocycles. The minimum Gasteiger partial charge on any atom is -0.356 e. The third-order valence-corrected chi connectivity index (χ3v) is 3.73. The number of H-pyrrole nitrogens is 1. The minimum atomic E-state index is 0. The normalized spacial score (nSPS) is 15.1. The molecular weight excluding hydrogens is 377 g/mol. The van der Waals surface area contributed by atoms with Crippen LogP contribution in [0.1, 0.15) is 43.4 Å². The van der Waals surface area contributed by atoms with E-state index in [1.807, 2.05) is 13.1 Å². The highest BCUT2D eigenvalue weighted by Crippen LogP contribution is 2.19. The number of rotatable bonds is 5. The second-order valence-corrected chi connectivity index (χ2v) is 5.23. The summed E-state index contributed by atoms with van der Waals surface area (Å²) in [6, 6.07) is 0. The molecule has 0 fully saturated rings. The van der Waals surface area contributed by atoms with Crippen LogP contribution in [0.3, 0.4) is 0 Å². The Kier molecular flexibility index (Phi) is 8.41. The molecule has 1 heterocycles. The fourth-order valence-corrected chi connectivity index (χ4v) is 2.43. The molecule has 0 spiro atoms. The SMILES string of the molecule is CN=C(NCCC1=CCCCC1)NCc1cn[nH]c1C.I. The van der Waals surface area contributed by atoms with E-state index < -0.39 is 0 Å². The average molecular weight is 403 g/mol. The molecule has 0 aliphatic heterocycles. The number of guanidine groups is 1. The smallest absolute Gasteiger partial charge is 0.191 e. The standard InChI is InChI=1S/C15H25N5.HI/c1-12-14(11-19-20-12)10-18-15(16-2)17-9-8-13-6-4-3-5-7-13;/h6,11H,3-5,7-10H2,1-2H3,(H,19,20)(H2,16,17,18);1H. The van der Waals surface area contributed by atoms with Crippen LogP contribution in [0.4, 0.5) is 0 Å². The van der Waals surface area contributed by atoms with Crippen molar-refractivity contribution in [2.45, 2.75) is 45.6 Å². The van der Waals surface area contributed by atoms with Gasteiger partial charge in [0.15, 0.2) is 5.96 Å². The molecule has 0 aromatic carbocycles. The van der Waals surface area contributed by atoms with Crippen LogP contribution in [0, 0.1) is 6.92 Å². The molecule has 5 nitrogen and oxygen atoms in total. The van der Waals surface area contributed by atoms with E-state index in [1.54, 1.807) is 12.6 Å². The Morgan fingerprint density at radius 2 is 2.24 bits per heavy atom. The number of aryl methyl sites for hydroxylation is 1. The van der Waals surface area contributed by atoms with Gasteiger partial charge >= 0.3 is 0 Å². The van der Waals surface area contributed by atoms with Crippen LogP contribution in [0.2, 0.25) is 0 Å². The summed E-state index contributed by atoms with van der Waals surface area (Å²) in [5.41, 5.74) is 3.85. The van der Waals surface area contributed by atoms with Crippen molar-refractivity contribution in [2.75, 3.05) is 13.6 Å². The van der Waals surface area contributed by atoms with Crippen molar-refractivity contribution < 1.29 is 0 Å². The van der Waals surface area contributed by atoms with Gasteiger partial charge in [0.05, 0.1) is 6.20 Å². The first-order valence-corrected chi connectivity index (χ1v) is 7.41. The fourth-order valence-electron chi connectivity index (χ4n) is 2.43. The summed E-state index contributed by atoms with van der Waals surface area (Å²) in [6.07, 6.45) is 10.6. The number of aromatic amines is 1. The Bertz CT molecular complexity index is 478. The number of hydrogen-bond acceptors (Lipinski definition) is 2. The Labute approximate surface area is 144 Å². The maximum Gasteiger partial charge on any atom is 0.191 e. The maximum absolute atomic E-state index is 4.24. The van der Waals surface area contributed by atoms with Gasteiger partial charge in [-0.15, -0.1) is 24.0 Å². The number of allylic oxidation sites excluding steroid dienone is 1. The van der Waals surface area contributed by atoms with Crippen LogP contribution in [0.15, 0.2) is 22.8 Å². The molecule has 0 radical (unpaired) electrons. The second-order valence-electron chi connectivity index (χ2n) is 5.23. The summed E-state index contributed by atoms with van der Waals surface area (Å²) in [6.45, 7) is 3.70. The first-order valence-electron chi connectivity index (χ1n) is 7.41. The number of aromatic nitrogens is 2. The number of halogens is 1. The monoisotopic (exact) mass is 403 g/mol. The molecule has 0 amide bonds. The third-order valence-electron chi connectivity index (χ3n) is 3.73. The Balaban J connectivity index is 0.00000220. The predicted molar refractivity (Wildman–Crippen MR) is 98.1 cm³/mol. The summed E-state index contributed by atoms with van der Waals surface area (Å²) < 4.78 is 0. The van der Waals surface area contributed by atoms with Crippen molar-refractivity contribution >= 4 is 29.9 Å². The molecule has 118 valence electrons. The molecule has 1 aliphatic rings. The summed E-state index contributed by atoms with van der Waals surface area (Å²) in [4.78, 5) is 4.24. The highest BCUT2D eigenvalue weighted by molar-refractivity contribution is 14.0. The lowest BCUT2D eigenvalue weighted by atomic mass is 9.97. The topological polar surface area (TPSA) is 65.1 Å². The van der Waals surface area contributed by atoms with E-state index in [0.717, 1.165) is 31.2 Å². The summed E-state index contributed by atoms with van der Waals surface area (Å²) in [5.74, 6) is 0.849. The van der Waals surface area contributed by atoms with E-state index in [1.165, 1.54) is 31.2 Å². The number of nitrogens with one attached hydrogen (secondary N) is 3. The van der Waals surface area contributed by atoms with E-state index in [-0.39, 0.29) is 24.0 Å². The molecule has 0 unspecified atom stereocenters. The van der Waals surface area contributed by atoms with Crippen LogP contribution >= 0.6 is 24.0 Å². The Morgan fingerprint density at radius 3 is 2.86 bits per heavy atom. The van der Waals surface area contributed by atoms with E-state index >= 15 is 0 Å². The van der Waals surface area contributed by atoms with Gasteiger partial charge in [-0.2, -0.15) is 5.10 Å². The van der Waals surface area contributed by atoms with Gasteiger partial charge in [-0.25, -0.2) is 0 Å². The van der Waals surface area contributed by atoms with Crippen LogP contribution < -0.4 is 10.6 Å². The van der Waals surface area contributed by atoms with Gasteiger partial charge in [0.25, 0.3) is 0 Å². The highest BCUT2D eigenvalue weighted by Gasteiger charge is 2.05. The fraction of sp³-hybridized carbons (Fsp3) is 0.600. The van der Waals surface area contributed by atoms with Gasteiger partial charge in [0.1, 0.15) is 0 Å². The van der Waals surface area contributed by atoms with Crippen LogP contribution in [0.25, 0.3) is 0 Å². The molecule has 3 N–H and O–H groups in total. The largest absolute Gasteiger partial charge is 0.356 e. The molecule has 1 aromatic heterocycles. The summed E-state index contributed by atoms with van der Waals surface area (Å²) >= 11 is 0. The molecule has 6 heteroatoms. The minimum absolute atomic E-state index is 0. The number of aliphatic imine (C=N–C) groups is 1. The first-order chi connectivity index (χ1) is 9.79. The Hall–Kier alpha value is -1.05. The number of nitrogens with zero attached hydrogens (tertiary/aromatic N) is 2. The highest BCUT2D eigenvalue weighted by atomic mass is 127. The number of hydrogen-bond donors (Lipinski definition) is 3. The molecule has 1 aliphatic carbocycles. The van der Waals surface area contributed by atoms with Crippen molar-refractivity contribution in [2.24, 2.45) is 4.99 Å². The molecule has 0 saturated carbocycles. The van der Waals surface area contributed by atoms with Gasteiger partial charge < -0.3 is 10.6 Å². The molecule has 21 heavy (non-hydrogen) atoms. The van der Waals surface area contributed by atoms with Crippen molar-refractivity contribution in [3.8, 4) is 0 Å². The molecular formula is C15H26IN5. The van der Waals surface area contributed by atoms with E-state index in [2.05, 4.69) is 31.9 Å². The molecule has 0 bridgehead atoms. The van der Waals surface area contributed by atoms with Crippen molar-refractivity contribution in [1.82, 2.24) is 20.8 Å². The maximum atomic E-state index is 4.24. The van der Waals surface area contributed by atoms with Crippen LogP contribution in [0.5, 0.6) is 0 Å². The first kappa shape index (κ1) is 18.0. The van der Waals surface area contributed by atoms with Gasteiger partial charge in [-0.1, -0.05) is 11.6 Å². The second kappa shape index (κ2) is 9.81. The van der Waals surface area contributed by atoms with Crippen molar-refractivity contribution in [1.29, 1.82) is 0 Å². The van der Waals surface area contributed by atoms with E-state index in [9.17, 15) is 0 Å². The van der Waals surface area contributed by atoms with E-state index in [0.29, 0.717) is 0 Å². The lowest BCUT2D eigenvalue weighted by Gasteiger charge is -2.15. The zero-order valence-electron chi connectivity index (χ0n) is 12.9. The lowest BCUT2D eigenvalue weighted by molar-refractivity contribution is 0.665. The van der Waals surface area contributed by atoms with Crippen LogP contribution in [-0.2, 0) is 6.54 Å². The summed E-state index contributed by atoms with van der Waals surface area (Å²) in [7, 11) is 1.80. The summed E-state index contributed by atoms with van der Waals surface area (Å²) in [5, 5.41) is 13.6. The van der Waals surface area contributed by atoms with Crippen molar-refractivity contribution in [3.63, 3.8) is 0 Å². The van der Waals surface area contributed by atoms with Gasteiger partial charge in [-0.3, -0.25) is 10.1 Å². The van der Waals surface area contributed by atoms with Gasteiger partial charge in [-0.05, 0) is 39.0 Å². The van der Waals surface area contributed by atoms with Crippen LogP contribution in [-0.4, -0.2) is 29.7 Å². The quantitative estimate of drug-likeness (QED) is 0.307. The predicted octanol–water partition coefficient (Wildman–Crippen LogP) is 2.89. The third kappa shape index (κ3) is 6.07. The molecule has 2 rings (SSSR count). The zero-order valence-corrected chi connectivity index (χ0v) is 15.2. The Morgan fingerprint density at radius 1 is 1.38 bits per heavy atom. The molecule has 1 aromatic rings. The molecule has 0 atom stereocenters. The lowest BCUT2D eigenvalue weighted by Crippen LogP contribution is -2.37. The zero-order chi connectivity index (χ0) is 14.2. The van der Waals surface area contributed by atoms with E-state index in [4.69, 9.17) is 0 Å². The van der Waals surface area contributed by atoms with Crippen molar-refractivity contribution in [3.05, 3.63) is 29.1 Å². The average Bonchev–Trinajstić information content (AvgIpc) is 2.89. The van der Waals surface area contributed by atoms with Gasteiger partial charge in [0, 0.05) is 31.4 Å².